The third-order valence-corrected chi connectivity index (χ3v) is 4.18. The van der Waals surface area contributed by atoms with Crippen LogP contribution in [0.1, 0.15) is 19.4 Å². The summed E-state index contributed by atoms with van der Waals surface area (Å²) in [6.07, 6.45) is -5.15. The molecular formula is C18H23N3O8. The van der Waals surface area contributed by atoms with E-state index in [0.29, 0.717) is 5.75 Å². The van der Waals surface area contributed by atoms with E-state index in [1.165, 1.54) is 7.11 Å². The van der Waals surface area contributed by atoms with Crippen molar-refractivity contribution in [2.75, 3.05) is 13.7 Å². The SMILES string of the molecule is CCO[C@@H]1O[C@H](C(=O)O)[C@H](OCc2ccc(OC)cc2)[C@H](OC(C)=O)[C@H]1N=[N+]=[N-]. The fourth-order valence-electron chi connectivity index (χ4n) is 2.93. The first-order valence-corrected chi connectivity index (χ1v) is 8.87. The van der Waals surface area contributed by atoms with E-state index >= 15 is 0 Å². The summed E-state index contributed by atoms with van der Waals surface area (Å²) in [6, 6.07) is 5.81. The summed E-state index contributed by atoms with van der Waals surface area (Å²) in [7, 11) is 1.54. The highest BCUT2D eigenvalue weighted by Gasteiger charge is 2.51. The Balaban J connectivity index is 2.31. The number of azide groups is 1. The minimum absolute atomic E-state index is 0.00184. The highest BCUT2D eigenvalue weighted by Crippen LogP contribution is 2.30. The number of nitrogens with zero attached hydrogens (tertiary/aromatic N) is 3. The Labute approximate surface area is 167 Å². The number of carbonyl (C=O) groups is 2. The van der Waals surface area contributed by atoms with Gasteiger partial charge in [0.05, 0.1) is 13.7 Å². The summed E-state index contributed by atoms with van der Waals surface area (Å²) in [5.41, 5.74) is 9.64. The zero-order valence-corrected chi connectivity index (χ0v) is 16.3. The Morgan fingerprint density at radius 3 is 2.45 bits per heavy atom. The van der Waals surface area contributed by atoms with Crippen LogP contribution < -0.4 is 4.74 Å². The van der Waals surface area contributed by atoms with Gasteiger partial charge in [-0.15, -0.1) is 0 Å². The Hall–Kier alpha value is -2.85. The average Bonchev–Trinajstić information content (AvgIpc) is 2.69. The fraction of sp³-hybridized carbons (Fsp3) is 0.556. The molecule has 0 aliphatic carbocycles. The lowest BCUT2D eigenvalue weighted by Gasteiger charge is -2.42. The molecule has 1 aromatic rings. The van der Waals surface area contributed by atoms with E-state index in [-0.39, 0.29) is 13.2 Å². The second-order valence-corrected chi connectivity index (χ2v) is 6.11. The van der Waals surface area contributed by atoms with Gasteiger partial charge in [0, 0.05) is 18.4 Å². The number of carboxylic acid groups (broad SMARTS) is 1. The molecule has 0 aromatic heterocycles. The molecule has 29 heavy (non-hydrogen) atoms. The smallest absolute Gasteiger partial charge is 0.335 e. The molecular weight excluding hydrogens is 386 g/mol. The van der Waals surface area contributed by atoms with Gasteiger partial charge in [-0.2, -0.15) is 0 Å². The molecule has 1 aliphatic heterocycles. The molecule has 0 radical (unpaired) electrons. The van der Waals surface area contributed by atoms with Crippen LogP contribution in [0.4, 0.5) is 0 Å². The summed E-state index contributed by atoms with van der Waals surface area (Å²) in [5.74, 6) is -1.36. The van der Waals surface area contributed by atoms with Crippen molar-refractivity contribution >= 4 is 11.9 Å². The van der Waals surface area contributed by atoms with E-state index in [2.05, 4.69) is 10.0 Å². The molecule has 5 atom stereocenters. The average molecular weight is 409 g/mol. The molecule has 1 saturated heterocycles. The molecule has 1 heterocycles. The van der Waals surface area contributed by atoms with Gasteiger partial charge in [-0.25, -0.2) is 4.79 Å². The third kappa shape index (κ3) is 5.81. The molecule has 1 N–H and O–H groups in total. The van der Waals surface area contributed by atoms with Crippen molar-refractivity contribution in [2.45, 2.75) is 51.1 Å². The normalized spacial score (nSPS) is 26.2. The van der Waals surface area contributed by atoms with Gasteiger partial charge in [-0.3, -0.25) is 4.79 Å². The predicted molar refractivity (Wildman–Crippen MR) is 98.0 cm³/mol. The Morgan fingerprint density at radius 2 is 1.93 bits per heavy atom. The lowest BCUT2D eigenvalue weighted by Crippen LogP contribution is -2.61. The van der Waals surface area contributed by atoms with Gasteiger partial charge in [0.25, 0.3) is 0 Å². The van der Waals surface area contributed by atoms with E-state index in [1.54, 1.807) is 31.2 Å². The number of rotatable bonds is 9. The lowest BCUT2D eigenvalue weighted by molar-refractivity contribution is -0.271. The van der Waals surface area contributed by atoms with E-state index in [0.717, 1.165) is 12.5 Å². The van der Waals surface area contributed by atoms with Gasteiger partial charge in [0.15, 0.2) is 12.4 Å². The van der Waals surface area contributed by atoms with Crippen LogP contribution in [0.2, 0.25) is 0 Å². The number of carbonyl (C=O) groups excluding carboxylic acids is 1. The number of ether oxygens (including phenoxy) is 5. The maximum atomic E-state index is 11.8. The number of esters is 1. The zero-order chi connectivity index (χ0) is 21.4. The summed E-state index contributed by atoms with van der Waals surface area (Å²) >= 11 is 0. The van der Waals surface area contributed by atoms with Crippen LogP contribution in [0.3, 0.4) is 0 Å². The van der Waals surface area contributed by atoms with Gasteiger partial charge in [-0.05, 0) is 30.2 Å². The first kappa shape index (κ1) is 22.4. The lowest BCUT2D eigenvalue weighted by atomic mass is 9.96. The van der Waals surface area contributed by atoms with E-state index in [1.807, 2.05) is 0 Å². The molecule has 11 heteroatoms. The van der Waals surface area contributed by atoms with Crippen molar-refractivity contribution in [3.05, 3.63) is 40.3 Å². The molecule has 1 aliphatic rings. The molecule has 11 nitrogen and oxygen atoms in total. The summed E-state index contributed by atoms with van der Waals surface area (Å²) in [5, 5.41) is 13.2. The highest BCUT2D eigenvalue weighted by atomic mass is 16.7. The molecule has 0 spiro atoms. The van der Waals surface area contributed by atoms with Gasteiger partial charge in [0.1, 0.15) is 24.0 Å². The molecule has 0 saturated carbocycles. The molecule has 1 fully saturated rings. The molecule has 0 bridgehead atoms. The van der Waals surface area contributed by atoms with Gasteiger partial charge >= 0.3 is 11.9 Å². The van der Waals surface area contributed by atoms with E-state index in [9.17, 15) is 14.7 Å². The van der Waals surface area contributed by atoms with Crippen LogP contribution >= 0.6 is 0 Å². The first-order valence-electron chi connectivity index (χ1n) is 8.87. The van der Waals surface area contributed by atoms with Gasteiger partial charge < -0.3 is 28.8 Å². The molecule has 0 unspecified atom stereocenters. The number of methoxy groups -OCH3 is 1. The molecule has 2 rings (SSSR count). The van der Waals surface area contributed by atoms with Crippen LogP contribution in [0.5, 0.6) is 5.75 Å². The minimum Gasteiger partial charge on any atom is -0.497 e. The van der Waals surface area contributed by atoms with Crippen molar-refractivity contribution in [1.82, 2.24) is 0 Å². The summed E-state index contributed by atoms with van der Waals surface area (Å²) in [4.78, 5) is 26.2. The third-order valence-electron chi connectivity index (χ3n) is 4.18. The van der Waals surface area contributed by atoms with Crippen molar-refractivity contribution in [2.24, 2.45) is 5.11 Å². The first-order chi connectivity index (χ1) is 13.9. The Bertz CT molecular complexity index is 750. The molecule has 0 amide bonds. The van der Waals surface area contributed by atoms with Crippen LogP contribution in [-0.2, 0) is 35.1 Å². The van der Waals surface area contributed by atoms with Crippen molar-refractivity contribution < 1.29 is 38.4 Å². The predicted octanol–water partition coefficient (Wildman–Crippen LogP) is 2.04. The number of hydrogen-bond acceptors (Lipinski definition) is 8. The van der Waals surface area contributed by atoms with Crippen molar-refractivity contribution in [1.29, 1.82) is 0 Å². The summed E-state index contributed by atoms with van der Waals surface area (Å²) < 4.78 is 27.0. The van der Waals surface area contributed by atoms with E-state index in [4.69, 9.17) is 29.2 Å². The monoisotopic (exact) mass is 409 g/mol. The van der Waals surface area contributed by atoms with Crippen LogP contribution in [0.25, 0.3) is 10.4 Å². The second-order valence-electron chi connectivity index (χ2n) is 6.11. The number of carboxylic acids is 1. The maximum Gasteiger partial charge on any atom is 0.335 e. The largest absolute Gasteiger partial charge is 0.497 e. The van der Waals surface area contributed by atoms with E-state index < -0.39 is 42.6 Å². The molecule has 158 valence electrons. The second kappa shape index (κ2) is 10.6. The fourth-order valence-corrected chi connectivity index (χ4v) is 2.93. The number of aliphatic carboxylic acids is 1. The van der Waals surface area contributed by atoms with Crippen molar-refractivity contribution in [3.63, 3.8) is 0 Å². The Morgan fingerprint density at radius 1 is 1.24 bits per heavy atom. The number of hydrogen-bond donors (Lipinski definition) is 1. The van der Waals surface area contributed by atoms with Gasteiger partial charge in [-0.1, -0.05) is 17.2 Å². The zero-order valence-electron chi connectivity index (χ0n) is 16.3. The van der Waals surface area contributed by atoms with Crippen LogP contribution in [0.15, 0.2) is 29.4 Å². The topological polar surface area (TPSA) is 149 Å². The van der Waals surface area contributed by atoms with Crippen molar-refractivity contribution in [3.8, 4) is 5.75 Å². The Kier molecular flexibility index (Phi) is 8.22. The number of benzene rings is 1. The van der Waals surface area contributed by atoms with Crippen LogP contribution in [0, 0.1) is 0 Å². The standard InChI is InChI=1S/C18H23N3O8/c1-4-26-18-13(20-21-19)14(28-10(2)22)15(16(29-18)17(23)24)27-9-11-5-7-12(25-3)8-6-11/h5-8,13-16,18H,4,9H2,1-3H3,(H,23,24)/t13-,14-,15-,16+,18-/m1/s1. The minimum atomic E-state index is -1.50. The highest BCUT2D eigenvalue weighted by molar-refractivity contribution is 5.74. The van der Waals surface area contributed by atoms with Gasteiger partial charge in [0.2, 0.25) is 0 Å². The maximum absolute atomic E-state index is 11.8. The quantitative estimate of drug-likeness (QED) is 0.282. The molecule has 1 aromatic carbocycles. The summed E-state index contributed by atoms with van der Waals surface area (Å²) in [6.45, 7) is 2.99. The van der Waals surface area contributed by atoms with Crippen LogP contribution in [-0.4, -0.2) is 61.4 Å².